The summed E-state index contributed by atoms with van der Waals surface area (Å²) in [6.45, 7) is 4.12. The van der Waals surface area contributed by atoms with Crippen LogP contribution < -0.4 is 0 Å². The Morgan fingerprint density at radius 2 is 1.91 bits per heavy atom. The van der Waals surface area contributed by atoms with Gasteiger partial charge in [0, 0.05) is 29.3 Å². The van der Waals surface area contributed by atoms with Gasteiger partial charge in [-0.25, -0.2) is 13.6 Å². The summed E-state index contributed by atoms with van der Waals surface area (Å²) in [6.07, 6.45) is 3.40. The van der Waals surface area contributed by atoms with Crippen molar-refractivity contribution in [3.8, 4) is 5.69 Å². The van der Waals surface area contributed by atoms with E-state index < -0.39 is 11.6 Å². The maximum atomic E-state index is 16.0. The fourth-order valence-electron chi connectivity index (χ4n) is 5.58. The maximum Gasteiger partial charge on any atom is 0.335 e. The monoisotopic (exact) mass is 467 g/mol. The molecule has 1 fully saturated rings. The van der Waals surface area contributed by atoms with Gasteiger partial charge >= 0.3 is 5.97 Å². The highest BCUT2D eigenvalue weighted by Gasteiger charge is 2.44. The molecule has 6 nitrogen and oxygen atoms in total. The van der Waals surface area contributed by atoms with Gasteiger partial charge in [-0.15, -0.1) is 0 Å². The molecule has 0 spiro atoms. The molecule has 34 heavy (non-hydrogen) atoms. The molecular weight excluding hydrogens is 440 g/mol. The second kappa shape index (κ2) is 8.20. The number of ether oxygens (including phenoxy) is 1. The summed E-state index contributed by atoms with van der Waals surface area (Å²) >= 11 is 0. The van der Waals surface area contributed by atoms with Gasteiger partial charge in [-0.1, -0.05) is 13.8 Å². The van der Waals surface area contributed by atoms with Gasteiger partial charge in [-0.05, 0) is 73.4 Å². The summed E-state index contributed by atoms with van der Waals surface area (Å²) < 4.78 is 37.2. The zero-order chi connectivity index (χ0) is 24.2. The van der Waals surface area contributed by atoms with Crippen LogP contribution in [0.5, 0.6) is 0 Å². The Kier molecular flexibility index (Phi) is 5.43. The number of carboxylic acid groups (broad SMARTS) is 1. The second-order valence-electron chi connectivity index (χ2n) is 9.46. The Bertz CT molecular complexity index is 1380. The quantitative estimate of drug-likeness (QED) is 0.375. The average Bonchev–Trinajstić information content (AvgIpc) is 3.43. The smallest absolute Gasteiger partial charge is 0.335 e. The molecular formula is C26H27F2N3O3. The van der Waals surface area contributed by atoms with Crippen molar-refractivity contribution in [1.29, 1.82) is 0 Å². The zero-order valence-corrected chi connectivity index (χ0v) is 19.4. The van der Waals surface area contributed by atoms with Gasteiger partial charge in [0.2, 0.25) is 0 Å². The van der Waals surface area contributed by atoms with Gasteiger partial charge in [0.1, 0.15) is 11.3 Å². The number of carbonyl (C=O) groups is 1. The number of benzene rings is 2. The summed E-state index contributed by atoms with van der Waals surface area (Å²) in [5.41, 5.74) is 2.41. The van der Waals surface area contributed by atoms with Crippen LogP contribution in [-0.2, 0) is 9.53 Å². The van der Waals surface area contributed by atoms with Gasteiger partial charge in [-0.2, -0.15) is 5.10 Å². The van der Waals surface area contributed by atoms with Crippen molar-refractivity contribution in [3.63, 3.8) is 0 Å². The number of halogens is 2. The van der Waals surface area contributed by atoms with Crippen LogP contribution in [0.4, 0.5) is 8.78 Å². The van der Waals surface area contributed by atoms with Gasteiger partial charge in [-0.3, -0.25) is 5.10 Å². The third-order valence-corrected chi connectivity index (χ3v) is 7.30. The highest BCUT2D eigenvalue weighted by Crippen LogP contribution is 2.47. The minimum atomic E-state index is -1.21. The van der Waals surface area contributed by atoms with E-state index >= 15 is 4.39 Å². The second-order valence-corrected chi connectivity index (χ2v) is 9.46. The number of methoxy groups -OCH3 is 1. The van der Waals surface area contributed by atoms with Gasteiger partial charge in [0.25, 0.3) is 0 Å². The Morgan fingerprint density at radius 1 is 1.24 bits per heavy atom. The van der Waals surface area contributed by atoms with E-state index in [0.29, 0.717) is 47.5 Å². The van der Waals surface area contributed by atoms with E-state index in [-0.39, 0.29) is 23.5 Å². The molecule has 5 rings (SSSR count). The number of carboxylic acids is 1. The van der Waals surface area contributed by atoms with Crippen molar-refractivity contribution < 1.29 is 23.4 Å². The summed E-state index contributed by atoms with van der Waals surface area (Å²) in [5, 5.41) is 17.7. The number of aromatic amines is 1. The van der Waals surface area contributed by atoms with E-state index in [4.69, 9.17) is 4.74 Å². The predicted octanol–water partition coefficient (Wildman–Crippen LogP) is 6.04. The number of rotatable bonds is 5. The molecule has 2 aromatic heterocycles. The first-order chi connectivity index (χ1) is 16.3. The summed E-state index contributed by atoms with van der Waals surface area (Å²) in [4.78, 5) is 11.9. The van der Waals surface area contributed by atoms with Gasteiger partial charge in [0.15, 0.2) is 11.4 Å². The summed E-state index contributed by atoms with van der Waals surface area (Å²) in [7, 11) is 1.43. The third kappa shape index (κ3) is 3.31. The average molecular weight is 468 g/mol. The first-order valence-corrected chi connectivity index (χ1v) is 11.5. The molecule has 0 aliphatic heterocycles. The van der Waals surface area contributed by atoms with E-state index in [1.165, 1.54) is 19.2 Å². The lowest BCUT2D eigenvalue weighted by Crippen LogP contribution is -2.43. The number of aliphatic carboxylic acids is 1. The number of aromatic nitrogens is 3. The zero-order valence-electron chi connectivity index (χ0n) is 19.4. The van der Waals surface area contributed by atoms with Gasteiger partial charge < -0.3 is 14.4 Å². The molecule has 1 aliphatic carbocycles. The third-order valence-electron chi connectivity index (χ3n) is 7.30. The minimum absolute atomic E-state index is 0.0388. The first-order valence-electron chi connectivity index (χ1n) is 11.5. The van der Waals surface area contributed by atoms with Crippen molar-refractivity contribution in [3.05, 3.63) is 59.4 Å². The lowest BCUT2D eigenvalue weighted by Gasteiger charge is -2.36. The van der Waals surface area contributed by atoms with Crippen LogP contribution in [0.1, 0.15) is 62.6 Å². The van der Waals surface area contributed by atoms with Crippen molar-refractivity contribution in [1.82, 2.24) is 14.8 Å². The van der Waals surface area contributed by atoms with Crippen LogP contribution in [0.2, 0.25) is 0 Å². The van der Waals surface area contributed by atoms with E-state index in [9.17, 15) is 14.3 Å². The van der Waals surface area contributed by atoms with Crippen LogP contribution in [0, 0.1) is 11.6 Å². The van der Waals surface area contributed by atoms with Gasteiger partial charge in [0.05, 0.1) is 11.7 Å². The van der Waals surface area contributed by atoms with E-state index in [0.717, 1.165) is 16.9 Å². The Morgan fingerprint density at radius 3 is 2.50 bits per heavy atom. The number of H-pyrrole nitrogens is 1. The number of hydrogen-bond acceptors (Lipinski definition) is 3. The SMILES string of the molecule is CO[C@]1(C(=O)O)CC[C@H](c2c(C(C)C)n(-c3ccc(F)cc3)c3cc4cn[nH]c4c(F)c32)CC1. The number of hydrogen-bond donors (Lipinski definition) is 2. The molecule has 2 heterocycles. The van der Waals surface area contributed by atoms with Crippen LogP contribution in [0.15, 0.2) is 36.5 Å². The van der Waals surface area contributed by atoms with Crippen molar-refractivity contribution in [2.24, 2.45) is 0 Å². The molecule has 0 radical (unpaired) electrons. The lowest BCUT2D eigenvalue weighted by molar-refractivity contribution is -0.166. The van der Waals surface area contributed by atoms with Crippen molar-refractivity contribution >= 4 is 27.8 Å². The van der Waals surface area contributed by atoms with Crippen molar-refractivity contribution in [2.45, 2.75) is 57.0 Å². The predicted molar refractivity (Wildman–Crippen MR) is 126 cm³/mol. The van der Waals surface area contributed by atoms with E-state index in [1.807, 2.05) is 10.6 Å². The van der Waals surface area contributed by atoms with E-state index in [1.54, 1.807) is 18.3 Å². The maximum absolute atomic E-state index is 16.0. The van der Waals surface area contributed by atoms with Crippen LogP contribution in [0.25, 0.3) is 27.5 Å². The molecule has 1 saturated carbocycles. The molecule has 178 valence electrons. The number of nitrogens with one attached hydrogen (secondary N) is 1. The Labute approximate surface area is 195 Å². The molecule has 4 aromatic rings. The highest BCUT2D eigenvalue weighted by atomic mass is 19.1. The Hall–Kier alpha value is -3.26. The molecule has 0 saturated heterocycles. The first kappa shape index (κ1) is 22.5. The molecule has 0 amide bonds. The topological polar surface area (TPSA) is 80.1 Å². The lowest BCUT2D eigenvalue weighted by atomic mass is 9.74. The molecule has 0 unspecified atom stereocenters. The fraction of sp³-hybridized carbons (Fsp3) is 0.385. The molecule has 8 heteroatoms. The van der Waals surface area contributed by atoms with E-state index in [2.05, 4.69) is 24.0 Å². The molecule has 0 bridgehead atoms. The Balaban J connectivity index is 1.78. The van der Waals surface area contributed by atoms with Crippen LogP contribution >= 0.6 is 0 Å². The molecule has 2 aromatic carbocycles. The highest BCUT2D eigenvalue weighted by molar-refractivity contribution is 5.99. The fourth-order valence-corrected chi connectivity index (χ4v) is 5.58. The summed E-state index contributed by atoms with van der Waals surface area (Å²) in [5.74, 6) is -1.68. The van der Waals surface area contributed by atoms with Crippen molar-refractivity contribution in [2.75, 3.05) is 7.11 Å². The summed E-state index contributed by atoms with van der Waals surface area (Å²) in [6, 6.07) is 8.11. The number of fused-ring (bicyclic) bond motifs is 2. The van der Waals surface area contributed by atoms with Crippen LogP contribution in [-0.4, -0.2) is 38.6 Å². The standard InChI is InChI=1S/C26H27F2N3O3/c1-14(2)24-20(15-8-10-26(34-3,11-9-15)25(32)33)21-19(12-16-13-29-30-23(16)22(21)28)31(24)18-6-4-17(27)5-7-18/h4-7,12-15H,8-11H2,1-3H3,(H,29,30)(H,32,33)/t15-,26+. The molecule has 0 atom stereocenters. The molecule has 1 aliphatic rings. The van der Waals surface area contributed by atoms with Crippen LogP contribution in [0.3, 0.4) is 0 Å². The molecule has 2 N–H and O–H groups in total. The normalized spacial score (nSPS) is 21.1. The number of nitrogens with zero attached hydrogens (tertiary/aromatic N) is 2. The largest absolute Gasteiger partial charge is 0.479 e. The minimum Gasteiger partial charge on any atom is -0.479 e.